The van der Waals surface area contributed by atoms with Gasteiger partial charge in [0, 0.05) is 11.1 Å². The first kappa shape index (κ1) is 21.0. The SMILES string of the molecule is CSc1nc2n(n1)[C@@H](c1ccc(C)cc1)C1=C(N2)c2cc(C)ccc2O[C@@H]1c1cccc(F)c1. The smallest absolute Gasteiger partial charge is 0.227 e. The Hall–Kier alpha value is -3.58. The van der Waals surface area contributed by atoms with Gasteiger partial charge >= 0.3 is 0 Å². The molecule has 0 radical (unpaired) electrons. The van der Waals surface area contributed by atoms with Crippen LogP contribution in [0.2, 0.25) is 0 Å². The maximum Gasteiger partial charge on any atom is 0.227 e. The van der Waals surface area contributed by atoms with Crippen LogP contribution in [0.3, 0.4) is 0 Å². The lowest BCUT2D eigenvalue weighted by Gasteiger charge is -2.39. The van der Waals surface area contributed by atoms with Gasteiger partial charge in [0.25, 0.3) is 0 Å². The molecule has 0 spiro atoms. The molecule has 2 atom stereocenters. The van der Waals surface area contributed by atoms with Gasteiger partial charge in [-0.3, -0.25) is 0 Å². The maximum absolute atomic E-state index is 14.3. The van der Waals surface area contributed by atoms with E-state index in [9.17, 15) is 4.39 Å². The lowest BCUT2D eigenvalue weighted by atomic mass is 9.84. The van der Waals surface area contributed by atoms with Crippen LogP contribution in [-0.2, 0) is 0 Å². The topological polar surface area (TPSA) is 52.0 Å². The quantitative estimate of drug-likeness (QED) is 0.355. The van der Waals surface area contributed by atoms with Crippen LogP contribution in [-0.4, -0.2) is 21.0 Å². The summed E-state index contributed by atoms with van der Waals surface area (Å²) < 4.78 is 22.8. The van der Waals surface area contributed by atoms with Gasteiger partial charge < -0.3 is 10.1 Å². The molecule has 2 aliphatic heterocycles. The number of aromatic nitrogens is 3. The van der Waals surface area contributed by atoms with Crippen molar-refractivity contribution in [3.8, 4) is 5.75 Å². The monoisotopic (exact) mass is 470 g/mol. The van der Waals surface area contributed by atoms with Crippen molar-refractivity contribution in [1.82, 2.24) is 14.8 Å². The highest BCUT2D eigenvalue weighted by Crippen LogP contribution is 2.51. The molecule has 0 bridgehead atoms. The molecular weight excluding hydrogens is 447 g/mol. The Morgan fingerprint density at radius 3 is 2.53 bits per heavy atom. The van der Waals surface area contributed by atoms with Gasteiger partial charge in [0.15, 0.2) is 0 Å². The summed E-state index contributed by atoms with van der Waals surface area (Å²) in [6.45, 7) is 4.13. The Labute approximate surface area is 201 Å². The van der Waals surface area contributed by atoms with Crippen molar-refractivity contribution in [1.29, 1.82) is 0 Å². The van der Waals surface area contributed by atoms with E-state index in [0.29, 0.717) is 11.1 Å². The first-order valence-corrected chi connectivity index (χ1v) is 12.4. The van der Waals surface area contributed by atoms with Gasteiger partial charge in [-0.15, -0.1) is 5.10 Å². The standard InChI is InChI=1S/C27H23FN4OS/c1-15-7-10-17(11-8-15)24-22-23(29-26-30-27(34-3)31-32(24)26)20-13-16(2)9-12-21(20)33-25(22)18-5-4-6-19(28)14-18/h4-14,24-25H,1-3H3,(H,29,30,31)/t24-,25+/m0/s1. The van der Waals surface area contributed by atoms with Gasteiger partial charge in [0.2, 0.25) is 11.1 Å². The van der Waals surface area contributed by atoms with Crippen LogP contribution >= 0.6 is 11.8 Å². The van der Waals surface area contributed by atoms with Crippen LogP contribution in [0, 0.1) is 19.7 Å². The van der Waals surface area contributed by atoms with E-state index < -0.39 is 6.10 Å². The Kier molecular flexibility index (Phi) is 4.95. The van der Waals surface area contributed by atoms with Crippen molar-refractivity contribution < 1.29 is 9.13 Å². The van der Waals surface area contributed by atoms with E-state index in [2.05, 4.69) is 49.5 Å². The number of halogens is 1. The normalized spacial score (nSPS) is 18.5. The first-order valence-electron chi connectivity index (χ1n) is 11.1. The van der Waals surface area contributed by atoms with E-state index in [-0.39, 0.29) is 11.9 Å². The van der Waals surface area contributed by atoms with Crippen LogP contribution in [0.5, 0.6) is 5.75 Å². The molecule has 2 aliphatic rings. The third kappa shape index (κ3) is 3.39. The van der Waals surface area contributed by atoms with Gasteiger partial charge in [-0.05, 0) is 55.5 Å². The number of aryl methyl sites for hydroxylation is 2. The van der Waals surface area contributed by atoms with E-state index in [1.165, 1.54) is 23.4 Å². The molecule has 170 valence electrons. The Morgan fingerprint density at radius 2 is 1.76 bits per heavy atom. The Bertz CT molecular complexity index is 1440. The number of hydrogen-bond acceptors (Lipinski definition) is 5. The molecule has 3 aromatic carbocycles. The molecule has 6 rings (SSSR count). The lowest BCUT2D eigenvalue weighted by molar-refractivity contribution is 0.222. The molecule has 7 heteroatoms. The molecule has 0 amide bonds. The second kappa shape index (κ2) is 8.02. The summed E-state index contributed by atoms with van der Waals surface area (Å²) in [5.74, 6) is 1.15. The zero-order valence-corrected chi connectivity index (χ0v) is 19.9. The van der Waals surface area contributed by atoms with Gasteiger partial charge in [0.1, 0.15) is 23.7 Å². The summed E-state index contributed by atoms with van der Waals surface area (Å²) in [4.78, 5) is 4.73. The molecular formula is C27H23FN4OS. The van der Waals surface area contributed by atoms with Crippen LogP contribution < -0.4 is 10.1 Å². The molecule has 0 fully saturated rings. The lowest BCUT2D eigenvalue weighted by Crippen LogP contribution is -2.32. The van der Waals surface area contributed by atoms with Crippen LogP contribution in [0.4, 0.5) is 10.3 Å². The molecule has 0 aliphatic carbocycles. The third-order valence-corrected chi connectivity index (χ3v) is 6.87. The zero-order chi connectivity index (χ0) is 23.4. The second-order valence-corrected chi connectivity index (χ2v) is 9.46. The summed E-state index contributed by atoms with van der Waals surface area (Å²) in [6.07, 6.45) is 1.47. The molecule has 1 N–H and O–H groups in total. The van der Waals surface area contributed by atoms with Crippen molar-refractivity contribution in [2.24, 2.45) is 0 Å². The average Bonchev–Trinajstić information content (AvgIpc) is 3.26. The number of anilines is 1. The molecule has 5 nitrogen and oxygen atoms in total. The van der Waals surface area contributed by atoms with Gasteiger partial charge in [-0.2, -0.15) is 4.98 Å². The van der Waals surface area contributed by atoms with Crippen LogP contribution in [0.15, 0.2) is 77.5 Å². The minimum absolute atomic E-state index is 0.262. The number of fused-ring (bicyclic) bond motifs is 3. The van der Waals surface area contributed by atoms with Crippen LogP contribution in [0.1, 0.15) is 40.0 Å². The number of nitrogens with zero attached hydrogens (tertiary/aromatic N) is 3. The minimum Gasteiger partial charge on any atom is -0.480 e. The number of ether oxygens (including phenoxy) is 1. The number of nitrogens with one attached hydrogen (secondary N) is 1. The molecule has 1 aromatic heterocycles. The molecule has 0 saturated carbocycles. The van der Waals surface area contributed by atoms with Crippen molar-refractivity contribution in [2.45, 2.75) is 31.1 Å². The summed E-state index contributed by atoms with van der Waals surface area (Å²) in [5.41, 5.74) is 7.03. The fourth-order valence-electron chi connectivity index (χ4n) is 4.72. The molecule has 3 heterocycles. The van der Waals surface area contributed by atoms with E-state index in [1.807, 2.05) is 29.1 Å². The molecule has 4 aromatic rings. The highest BCUT2D eigenvalue weighted by Gasteiger charge is 2.41. The highest BCUT2D eigenvalue weighted by molar-refractivity contribution is 7.98. The highest BCUT2D eigenvalue weighted by atomic mass is 32.2. The fraction of sp³-hybridized carbons (Fsp3) is 0.185. The fourth-order valence-corrected chi connectivity index (χ4v) is 5.07. The summed E-state index contributed by atoms with van der Waals surface area (Å²) >= 11 is 1.50. The largest absolute Gasteiger partial charge is 0.480 e. The van der Waals surface area contributed by atoms with E-state index in [0.717, 1.165) is 39.3 Å². The van der Waals surface area contributed by atoms with Crippen molar-refractivity contribution in [3.05, 3.63) is 106 Å². The van der Waals surface area contributed by atoms with E-state index in [4.69, 9.17) is 14.8 Å². The van der Waals surface area contributed by atoms with Crippen LogP contribution in [0.25, 0.3) is 5.70 Å². The Balaban J connectivity index is 1.65. The number of rotatable bonds is 3. The number of benzene rings is 3. The predicted molar refractivity (Wildman–Crippen MR) is 133 cm³/mol. The summed E-state index contributed by atoms with van der Waals surface area (Å²) in [6, 6.07) is 20.9. The summed E-state index contributed by atoms with van der Waals surface area (Å²) in [5, 5.41) is 9.03. The second-order valence-electron chi connectivity index (χ2n) is 8.69. The Morgan fingerprint density at radius 1 is 0.971 bits per heavy atom. The third-order valence-electron chi connectivity index (χ3n) is 6.34. The van der Waals surface area contributed by atoms with Crippen molar-refractivity contribution >= 4 is 23.4 Å². The van der Waals surface area contributed by atoms with Gasteiger partial charge in [-0.1, -0.05) is 65.4 Å². The summed E-state index contributed by atoms with van der Waals surface area (Å²) in [7, 11) is 0. The molecule has 0 unspecified atom stereocenters. The maximum atomic E-state index is 14.3. The minimum atomic E-state index is -0.491. The number of thioether (sulfide) groups is 1. The van der Waals surface area contributed by atoms with Crippen molar-refractivity contribution in [3.63, 3.8) is 0 Å². The average molecular weight is 471 g/mol. The zero-order valence-electron chi connectivity index (χ0n) is 19.0. The number of hydrogen-bond donors (Lipinski definition) is 1. The van der Waals surface area contributed by atoms with E-state index >= 15 is 0 Å². The molecule has 34 heavy (non-hydrogen) atoms. The van der Waals surface area contributed by atoms with Gasteiger partial charge in [0.05, 0.1) is 5.70 Å². The molecule has 0 saturated heterocycles. The van der Waals surface area contributed by atoms with Crippen molar-refractivity contribution in [2.75, 3.05) is 11.6 Å². The predicted octanol–water partition coefficient (Wildman–Crippen LogP) is 6.32. The van der Waals surface area contributed by atoms with Gasteiger partial charge in [-0.25, -0.2) is 9.07 Å². The first-order chi connectivity index (χ1) is 16.5. The van der Waals surface area contributed by atoms with E-state index in [1.54, 1.807) is 12.1 Å².